The van der Waals surface area contributed by atoms with Gasteiger partial charge in [-0.15, -0.1) is 0 Å². The summed E-state index contributed by atoms with van der Waals surface area (Å²) in [6.07, 6.45) is 1.30. The minimum atomic E-state index is -0.935. The molecule has 0 aliphatic carbocycles. The van der Waals surface area contributed by atoms with Crippen LogP contribution in [0.3, 0.4) is 0 Å². The first-order chi connectivity index (χ1) is 11.8. The van der Waals surface area contributed by atoms with Crippen molar-refractivity contribution >= 4 is 17.6 Å². The van der Waals surface area contributed by atoms with Crippen molar-refractivity contribution in [2.75, 3.05) is 19.0 Å². The Morgan fingerprint density at radius 3 is 2.44 bits per heavy atom. The van der Waals surface area contributed by atoms with Crippen molar-refractivity contribution in [3.63, 3.8) is 0 Å². The van der Waals surface area contributed by atoms with Crippen molar-refractivity contribution < 1.29 is 23.8 Å². The van der Waals surface area contributed by atoms with Crippen molar-refractivity contribution in [3.05, 3.63) is 23.8 Å². The van der Waals surface area contributed by atoms with E-state index in [9.17, 15) is 9.59 Å². The minimum absolute atomic E-state index is 0.0366. The summed E-state index contributed by atoms with van der Waals surface area (Å²) < 4.78 is 16.2. The van der Waals surface area contributed by atoms with Gasteiger partial charge in [0.05, 0.1) is 12.7 Å². The molecule has 6 nitrogen and oxygen atoms in total. The number of methoxy groups -OCH3 is 1. The normalized spacial score (nSPS) is 14.3. The molecule has 2 atom stereocenters. The summed E-state index contributed by atoms with van der Waals surface area (Å²) in [5.41, 5.74) is -0.160. The molecule has 1 N–H and O–H groups in total. The summed E-state index contributed by atoms with van der Waals surface area (Å²) in [6, 6.07) is 4.94. The van der Waals surface area contributed by atoms with Crippen LogP contribution in [0.25, 0.3) is 0 Å². The van der Waals surface area contributed by atoms with Gasteiger partial charge in [-0.1, -0.05) is 13.8 Å². The molecule has 0 saturated carbocycles. The lowest BCUT2D eigenvalue weighted by atomic mass is 10.0. The van der Waals surface area contributed by atoms with Gasteiger partial charge in [-0.2, -0.15) is 0 Å². The molecule has 1 aromatic carbocycles. The summed E-state index contributed by atoms with van der Waals surface area (Å²) in [5, 5.41) is 2.79. The van der Waals surface area contributed by atoms with Crippen LogP contribution >= 0.6 is 0 Å². The van der Waals surface area contributed by atoms with Gasteiger partial charge >= 0.3 is 5.97 Å². The third-order valence-electron chi connectivity index (χ3n) is 4.24. The average Bonchev–Trinajstić information content (AvgIpc) is 2.62. The van der Waals surface area contributed by atoms with E-state index in [-0.39, 0.29) is 24.2 Å². The molecule has 0 aliphatic rings. The van der Waals surface area contributed by atoms with Gasteiger partial charge < -0.3 is 19.5 Å². The Labute approximate surface area is 149 Å². The maximum Gasteiger partial charge on any atom is 0.341 e. The number of hydrogen-bond donors (Lipinski definition) is 1. The van der Waals surface area contributed by atoms with Gasteiger partial charge in [-0.05, 0) is 51.8 Å². The maximum atomic E-state index is 12.4. The van der Waals surface area contributed by atoms with E-state index >= 15 is 0 Å². The van der Waals surface area contributed by atoms with E-state index in [1.807, 2.05) is 20.8 Å². The number of rotatable bonds is 9. The zero-order valence-corrected chi connectivity index (χ0v) is 16.0. The highest BCUT2D eigenvalue weighted by molar-refractivity contribution is 5.99. The fraction of sp³-hybridized carbons (Fsp3) is 0.579. The van der Waals surface area contributed by atoms with E-state index < -0.39 is 11.6 Å². The third kappa shape index (κ3) is 5.46. The lowest BCUT2D eigenvalue weighted by molar-refractivity contribution is -0.136. The maximum absolute atomic E-state index is 12.4. The van der Waals surface area contributed by atoms with Crippen molar-refractivity contribution in [2.45, 2.75) is 59.2 Å². The fourth-order valence-corrected chi connectivity index (χ4v) is 2.04. The number of anilines is 1. The van der Waals surface area contributed by atoms with Crippen LogP contribution in [-0.2, 0) is 14.3 Å². The molecule has 140 valence electrons. The van der Waals surface area contributed by atoms with E-state index in [2.05, 4.69) is 5.32 Å². The van der Waals surface area contributed by atoms with E-state index in [1.165, 1.54) is 7.11 Å². The summed E-state index contributed by atoms with van der Waals surface area (Å²) in [6.45, 7) is 9.51. The Morgan fingerprint density at radius 1 is 1.24 bits per heavy atom. The molecule has 0 heterocycles. The molecule has 25 heavy (non-hydrogen) atoms. The standard InChI is InChI=1S/C19H29NO5/c1-7-13(4)25-16-11-10-14(12-15(16)17(21)24-9-3)20-18(22)19(5,8-2)23-6/h10-13H,7-9H2,1-6H3,(H,20,22)/t13-,19-/m0/s1. The molecular weight excluding hydrogens is 322 g/mol. The van der Waals surface area contributed by atoms with E-state index in [4.69, 9.17) is 14.2 Å². The highest BCUT2D eigenvalue weighted by atomic mass is 16.5. The fourth-order valence-electron chi connectivity index (χ4n) is 2.04. The van der Waals surface area contributed by atoms with Gasteiger partial charge in [0.25, 0.3) is 5.91 Å². The summed E-state index contributed by atoms with van der Waals surface area (Å²) in [4.78, 5) is 24.7. The van der Waals surface area contributed by atoms with Gasteiger partial charge in [-0.3, -0.25) is 4.79 Å². The van der Waals surface area contributed by atoms with Crippen molar-refractivity contribution in [1.82, 2.24) is 0 Å². The topological polar surface area (TPSA) is 73.9 Å². The van der Waals surface area contributed by atoms with E-state index in [1.54, 1.807) is 32.0 Å². The number of hydrogen-bond acceptors (Lipinski definition) is 5. The predicted molar refractivity (Wildman–Crippen MR) is 97.1 cm³/mol. The molecule has 0 bridgehead atoms. The average molecular weight is 351 g/mol. The smallest absolute Gasteiger partial charge is 0.341 e. The molecular formula is C19H29NO5. The lowest BCUT2D eigenvalue weighted by Gasteiger charge is -2.25. The quantitative estimate of drug-likeness (QED) is 0.685. The van der Waals surface area contributed by atoms with Gasteiger partial charge in [0, 0.05) is 12.8 Å². The number of amides is 1. The summed E-state index contributed by atoms with van der Waals surface area (Å²) in [7, 11) is 1.50. The van der Waals surface area contributed by atoms with Crippen LogP contribution in [0, 0.1) is 0 Å². The first-order valence-electron chi connectivity index (χ1n) is 8.65. The van der Waals surface area contributed by atoms with Gasteiger partial charge in [0.15, 0.2) is 0 Å². The molecule has 1 rings (SSSR count). The number of esters is 1. The van der Waals surface area contributed by atoms with E-state index in [0.717, 1.165) is 6.42 Å². The summed E-state index contributed by atoms with van der Waals surface area (Å²) in [5.74, 6) is -0.319. The van der Waals surface area contributed by atoms with Crippen LogP contribution in [0.1, 0.15) is 57.8 Å². The molecule has 0 spiro atoms. The Hall–Kier alpha value is -2.08. The van der Waals surface area contributed by atoms with Crippen molar-refractivity contribution in [1.29, 1.82) is 0 Å². The second kappa shape index (κ2) is 9.42. The van der Waals surface area contributed by atoms with Crippen LogP contribution in [0.4, 0.5) is 5.69 Å². The Bertz CT molecular complexity index is 595. The molecule has 1 amide bonds. The predicted octanol–water partition coefficient (Wildman–Crippen LogP) is 3.79. The molecule has 1 aromatic rings. The number of ether oxygens (including phenoxy) is 3. The van der Waals surface area contributed by atoms with Crippen molar-refractivity contribution in [2.24, 2.45) is 0 Å². The van der Waals surface area contributed by atoms with Crippen molar-refractivity contribution in [3.8, 4) is 5.75 Å². The number of nitrogens with one attached hydrogen (secondary N) is 1. The molecule has 0 aliphatic heterocycles. The molecule has 0 saturated heterocycles. The van der Waals surface area contributed by atoms with Crippen LogP contribution in [0.2, 0.25) is 0 Å². The molecule has 0 aromatic heterocycles. The first-order valence-corrected chi connectivity index (χ1v) is 8.65. The minimum Gasteiger partial charge on any atom is -0.490 e. The van der Waals surface area contributed by atoms with E-state index in [0.29, 0.717) is 17.9 Å². The number of benzene rings is 1. The Kier molecular flexibility index (Phi) is 7.90. The molecule has 0 unspecified atom stereocenters. The highest BCUT2D eigenvalue weighted by Gasteiger charge is 2.31. The molecule has 0 fully saturated rings. The number of carbonyl (C=O) groups is 2. The van der Waals surface area contributed by atoms with Gasteiger partial charge in [0.2, 0.25) is 0 Å². The zero-order valence-electron chi connectivity index (χ0n) is 16.0. The SMILES string of the molecule is CCOC(=O)c1cc(NC(=O)[C@](C)(CC)OC)ccc1O[C@@H](C)CC. The zero-order chi connectivity index (χ0) is 19.0. The number of carbonyl (C=O) groups excluding carboxylic acids is 2. The van der Waals surface area contributed by atoms with Crippen LogP contribution in [0.5, 0.6) is 5.75 Å². The Balaban J connectivity index is 3.12. The second-order valence-corrected chi connectivity index (χ2v) is 6.01. The lowest BCUT2D eigenvalue weighted by Crippen LogP contribution is -2.41. The van der Waals surface area contributed by atoms with Crippen LogP contribution in [0.15, 0.2) is 18.2 Å². The van der Waals surface area contributed by atoms with Crippen LogP contribution in [-0.4, -0.2) is 37.3 Å². The third-order valence-corrected chi connectivity index (χ3v) is 4.24. The van der Waals surface area contributed by atoms with Gasteiger partial charge in [-0.25, -0.2) is 4.79 Å². The first kappa shape index (κ1) is 21.0. The van der Waals surface area contributed by atoms with Crippen LogP contribution < -0.4 is 10.1 Å². The Morgan fingerprint density at radius 2 is 1.92 bits per heavy atom. The second-order valence-electron chi connectivity index (χ2n) is 6.01. The highest BCUT2D eigenvalue weighted by Crippen LogP contribution is 2.26. The monoisotopic (exact) mass is 351 g/mol. The summed E-state index contributed by atoms with van der Waals surface area (Å²) >= 11 is 0. The molecule has 6 heteroatoms. The molecule has 0 radical (unpaired) electrons. The van der Waals surface area contributed by atoms with Gasteiger partial charge in [0.1, 0.15) is 16.9 Å². The largest absolute Gasteiger partial charge is 0.490 e.